The molecule has 3 fully saturated rings. The first kappa shape index (κ1) is 30.4. The molecule has 1 amide bonds. The summed E-state index contributed by atoms with van der Waals surface area (Å²) >= 11 is 0. The van der Waals surface area contributed by atoms with Crippen molar-refractivity contribution in [3.8, 4) is 0 Å². The number of phosphoric acid groups is 1. The van der Waals surface area contributed by atoms with Crippen LogP contribution in [0.1, 0.15) is 24.6 Å². The van der Waals surface area contributed by atoms with E-state index >= 15 is 0 Å². The Labute approximate surface area is 235 Å². The zero-order valence-corrected chi connectivity index (χ0v) is 23.5. The van der Waals surface area contributed by atoms with Crippen LogP contribution in [0.2, 0.25) is 0 Å². The van der Waals surface area contributed by atoms with Gasteiger partial charge in [-0.15, -0.1) is 0 Å². The number of ether oxygens (including phenoxy) is 3. The van der Waals surface area contributed by atoms with Crippen LogP contribution >= 0.6 is 7.82 Å². The number of rotatable bonds is 8. The molecule has 2 aliphatic heterocycles. The van der Waals surface area contributed by atoms with Crippen LogP contribution in [0.15, 0.2) is 24.5 Å². The molecule has 17 heteroatoms. The number of aromatic nitrogens is 2. The molecule has 8 N–H and O–H groups in total. The Hall–Kier alpha value is -2.05. The number of nitrogens with zero attached hydrogens (tertiary/aromatic N) is 2. The molecular formula is C24H36N5O11P. The fraction of sp³-hybridized carbons (Fsp3) is 0.667. The number of imidazole rings is 1. The van der Waals surface area contributed by atoms with Gasteiger partial charge in [0.05, 0.1) is 49.1 Å². The highest BCUT2D eigenvalue weighted by Gasteiger charge is 2.63. The molecule has 0 aromatic carbocycles. The van der Waals surface area contributed by atoms with Crippen molar-refractivity contribution in [2.45, 2.75) is 87.1 Å². The van der Waals surface area contributed by atoms with Crippen LogP contribution < -0.4 is 16.0 Å². The van der Waals surface area contributed by atoms with E-state index in [4.69, 9.17) is 24.0 Å². The van der Waals surface area contributed by atoms with Gasteiger partial charge in [-0.05, 0) is 45.1 Å². The molecule has 2 aromatic heterocycles. The van der Waals surface area contributed by atoms with Gasteiger partial charge in [0.15, 0.2) is 0 Å². The van der Waals surface area contributed by atoms with Crippen molar-refractivity contribution in [3.63, 3.8) is 0 Å². The predicted molar refractivity (Wildman–Crippen MR) is 139 cm³/mol. The number of carbonyl (C=O) groups is 1. The molecule has 0 radical (unpaired) electrons. The molecule has 41 heavy (non-hydrogen) atoms. The summed E-state index contributed by atoms with van der Waals surface area (Å²) in [7, 11) is -1.40. The molecule has 0 bridgehead atoms. The number of carbonyl (C=O) groups excluding carboxylic acids is 1. The lowest BCUT2D eigenvalue weighted by Crippen LogP contribution is -2.79. The number of aliphatic hydroxyl groups is 3. The molecule has 2 aromatic rings. The summed E-state index contributed by atoms with van der Waals surface area (Å²) in [5.74, 6) is -2.57. The highest BCUT2D eigenvalue weighted by atomic mass is 31.2. The van der Waals surface area contributed by atoms with E-state index in [0.29, 0.717) is 16.9 Å². The fourth-order valence-corrected chi connectivity index (χ4v) is 6.15. The molecule has 1 aliphatic carbocycles. The first-order valence-corrected chi connectivity index (χ1v) is 14.7. The van der Waals surface area contributed by atoms with Gasteiger partial charge in [-0.3, -0.25) is 9.32 Å². The van der Waals surface area contributed by atoms with Crippen molar-refractivity contribution >= 4 is 19.4 Å². The van der Waals surface area contributed by atoms with Crippen LogP contribution in [0.25, 0.3) is 5.65 Å². The van der Waals surface area contributed by atoms with Gasteiger partial charge in [0.1, 0.15) is 24.0 Å². The van der Waals surface area contributed by atoms with Gasteiger partial charge >= 0.3 is 7.82 Å². The Morgan fingerprint density at radius 2 is 1.93 bits per heavy atom. The Bertz CT molecular complexity index is 1310. The van der Waals surface area contributed by atoms with Crippen molar-refractivity contribution in [2.75, 3.05) is 14.1 Å². The van der Waals surface area contributed by atoms with Gasteiger partial charge in [-0.25, -0.2) is 9.55 Å². The van der Waals surface area contributed by atoms with E-state index in [0.717, 1.165) is 0 Å². The Kier molecular flexibility index (Phi) is 8.57. The molecule has 228 valence electrons. The Morgan fingerprint density at radius 3 is 2.61 bits per heavy atom. The Morgan fingerprint density at radius 1 is 1.20 bits per heavy atom. The lowest BCUT2D eigenvalue weighted by molar-refractivity contribution is -0.449. The summed E-state index contributed by atoms with van der Waals surface area (Å²) in [6, 6.07) is 0.804. The fourth-order valence-electron chi connectivity index (χ4n) is 5.84. The van der Waals surface area contributed by atoms with Gasteiger partial charge in [-0.1, -0.05) is 0 Å². The van der Waals surface area contributed by atoms with Gasteiger partial charge in [0.25, 0.3) is 0 Å². The summed E-state index contributed by atoms with van der Waals surface area (Å²) in [6.45, 7) is 1.45. The average Bonchev–Trinajstić information content (AvgIpc) is 3.29. The topological polar surface area (TPSA) is 226 Å². The molecule has 2 saturated heterocycles. The van der Waals surface area contributed by atoms with Gasteiger partial charge in [-0.2, -0.15) is 0 Å². The van der Waals surface area contributed by atoms with E-state index in [1.807, 2.05) is 0 Å². The average molecular weight is 602 g/mol. The molecule has 0 spiro atoms. The molecule has 10 atom stereocenters. The van der Waals surface area contributed by atoms with Crippen molar-refractivity contribution in [3.05, 3.63) is 35.8 Å². The molecule has 16 nitrogen and oxygen atoms in total. The zero-order chi connectivity index (χ0) is 29.7. The summed E-state index contributed by atoms with van der Waals surface area (Å²) in [5, 5.41) is 42.1. The minimum Gasteiger partial charge on any atom is -0.390 e. The number of fused-ring (bicyclic) bond motifs is 3. The highest BCUT2D eigenvalue weighted by Crippen LogP contribution is 2.42. The van der Waals surface area contributed by atoms with E-state index in [-0.39, 0.29) is 19.4 Å². The molecular weight excluding hydrogens is 565 g/mol. The normalized spacial score (nSPS) is 37.4. The number of likely N-dealkylation sites (N-methyl/N-ethyl adjacent to an activating group) is 2. The largest absolute Gasteiger partial charge is 0.469 e. The van der Waals surface area contributed by atoms with E-state index in [1.54, 1.807) is 49.9 Å². The summed E-state index contributed by atoms with van der Waals surface area (Å²) in [4.78, 5) is 35.4. The van der Waals surface area contributed by atoms with Crippen LogP contribution in [0.5, 0.6) is 0 Å². The first-order chi connectivity index (χ1) is 19.3. The molecule has 0 unspecified atom stereocenters. The van der Waals surface area contributed by atoms with Crippen LogP contribution in [-0.2, 0) is 41.1 Å². The SMILES string of the molecule is CN[C@@H]1[C@H](O)[C@H](NC)[C@H]2O[C@]3(O)[C@H](O[C@@H]2[C@H]1O)O[C@H](C)C[C@H]3NC(=O)Cc1cn2ccc(COP(=O)(O)O)cc2n1. The van der Waals surface area contributed by atoms with E-state index in [9.17, 15) is 24.7 Å². The second-order valence-electron chi connectivity index (χ2n) is 10.7. The number of aliphatic hydroxyl groups excluding tert-OH is 2. The molecule has 3 aliphatic rings. The number of hydrogen-bond acceptors (Lipinski definition) is 12. The lowest BCUT2D eigenvalue weighted by Gasteiger charge is -2.58. The van der Waals surface area contributed by atoms with Crippen LogP contribution in [-0.4, -0.2) is 115 Å². The maximum absolute atomic E-state index is 13.1. The summed E-state index contributed by atoms with van der Waals surface area (Å²) < 4.78 is 35.2. The van der Waals surface area contributed by atoms with Gasteiger partial charge < -0.3 is 59.7 Å². The smallest absolute Gasteiger partial charge is 0.390 e. The van der Waals surface area contributed by atoms with E-state index < -0.39 is 74.5 Å². The number of phosphoric ester groups is 1. The summed E-state index contributed by atoms with van der Waals surface area (Å²) in [6.07, 6.45) is -2.56. The van der Waals surface area contributed by atoms with Gasteiger partial charge in [0.2, 0.25) is 18.0 Å². The van der Waals surface area contributed by atoms with E-state index in [1.165, 1.54) is 0 Å². The highest BCUT2D eigenvalue weighted by molar-refractivity contribution is 7.46. The predicted octanol–water partition coefficient (Wildman–Crippen LogP) is -2.51. The molecule has 5 rings (SSSR count). The number of hydrogen-bond donors (Lipinski definition) is 8. The van der Waals surface area contributed by atoms with Crippen LogP contribution in [0.4, 0.5) is 0 Å². The van der Waals surface area contributed by atoms with Crippen molar-refractivity contribution < 1.29 is 53.2 Å². The minimum atomic E-state index is -4.63. The van der Waals surface area contributed by atoms with Crippen molar-refractivity contribution in [1.82, 2.24) is 25.3 Å². The number of pyridine rings is 1. The maximum Gasteiger partial charge on any atom is 0.469 e. The number of amides is 1. The first-order valence-electron chi connectivity index (χ1n) is 13.2. The number of nitrogens with one attached hydrogen (secondary N) is 3. The molecule has 4 heterocycles. The van der Waals surface area contributed by atoms with Gasteiger partial charge in [0, 0.05) is 12.4 Å². The quantitative estimate of drug-likeness (QED) is 0.146. The monoisotopic (exact) mass is 601 g/mol. The second-order valence-corrected chi connectivity index (χ2v) is 11.9. The minimum absolute atomic E-state index is 0.143. The third kappa shape index (κ3) is 6.06. The van der Waals surface area contributed by atoms with Crippen molar-refractivity contribution in [1.29, 1.82) is 0 Å². The lowest BCUT2D eigenvalue weighted by atomic mass is 9.79. The third-order valence-electron chi connectivity index (χ3n) is 7.80. The summed E-state index contributed by atoms with van der Waals surface area (Å²) in [5.41, 5.74) is 1.34. The van der Waals surface area contributed by atoms with E-state index in [2.05, 4.69) is 25.5 Å². The Balaban J connectivity index is 1.30. The van der Waals surface area contributed by atoms with Crippen molar-refractivity contribution in [2.24, 2.45) is 0 Å². The molecule has 1 saturated carbocycles. The standard InChI is InChI=1S/C24H36N5O11P/c1-11-6-14(24(33)23(38-11)39-22-20(32)17(25-2)19(31)18(26-3)21(22)40-24)28-16(30)8-13-9-29-5-4-12(7-15(29)27-13)10-37-41(34,35)36/h4-5,7,9,11,14,17-23,25-26,31-33H,6,8,10H2,1-3H3,(H,28,30)(H2,34,35,36)/t11-,14-,17-,18+,19+,20+,21-,22-,23+,24+/m1/s1. The zero-order valence-electron chi connectivity index (χ0n) is 22.7. The van der Waals surface area contributed by atoms with Crippen LogP contribution in [0, 0.1) is 0 Å². The van der Waals surface area contributed by atoms with Crippen LogP contribution in [0.3, 0.4) is 0 Å². The third-order valence-corrected chi connectivity index (χ3v) is 8.27. The maximum atomic E-state index is 13.1. The second kappa shape index (κ2) is 11.6.